The van der Waals surface area contributed by atoms with E-state index in [0.717, 1.165) is 6.42 Å². The minimum Gasteiger partial charge on any atom is -0.871 e. The quantitative estimate of drug-likeness (QED) is 0.457. The van der Waals surface area contributed by atoms with Crippen molar-refractivity contribution < 1.29 is 24.3 Å². The third-order valence-corrected chi connectivity index (χ3v) is 5.15. The number of fused-ring (bicyclic) bond motifs is 2. The number of amides is 1. The van der Waals surface area contributed by atoms with E-state index < -0.39 is 16.7 Å². The summed E-state index contributed by atoms with van der Waals surface area (Å²) >= 11 is 0. The molecule has 0 spiro atoms. The van der Waals surface area contributed by atoms with Crippen LogP contribution in [0, 0.1) is 10.1 Å². The average Bonchev–Trinajstić information content (AvgIpc) is 3.24. The lowest BCUT2D eigenvalue weighted by Gasteiger charge is -2.26. The summed E-state index contributed by atoms with van der Waals surface area (Å²) in [6.07, 6.45) is 3.20. The van der Waals surface area contributed by atoms with E-state index in [0.29, 0.717) is 23.5 Å². The minimum atomic E-state index is -0.906. The van der Waals surface area contributed by atoms with Crippen molar-refractivity contribution in [1.82, 2.24) is 10.3 Å². The Hall–Kier alpha value is -3.88. The van der Waals surface area contributed by atoms with Crippen LogP contribution in [0.25, 0.3) is 10.9 Å². The fraction of sp³-hybridized carbons (Fsp3) is 0.273. The molecule has 0 saturated carbocycles. The second-order valence-electron chi connectivity index (χ2n) is 7.19. The van der Waals surface area contributed by atoms with E-state index in [2.05, 4.69) is 10.3 Å². The van der Waals surface area contributed by atoms with Crippen molar-refractivity contribution in [3.8, 4) is 17.2 Å². The van der Waals surface area contributed by atoms with Crippen molar-refractivity contribution in [3.05, 3.63) is 63.8 Å². The highest BCUT2D eigenvalue weighted by atomic mass is 16.7. The lowest BCUT2D eigenvalue weighted by molar-refractivity contribution is -0.383. The first-order valence-corrected chi connectivity index (χ1v) is 9.91. The van der Waals surface area contributed by atoms with Crippen LogP contribution in [0.15, 0.2) is 42.6 Å². The van der Waals surface area contributed by atoms with E-state index in [4.69, 9.17) is 9.47 Å². The van der Waals surface area contributed by atoms with Crippen LogP contribution in [-0.4, -0.2) is 22.6 Å². The highest BCUT2D eigenvalue weighted by Crippen LogP contribution is 2.40. The molecule has 2 aromatic carbocycles. The molecule has 1 aliphatic heterocycles. The van der Waals surface area contributed by atoms with Crippen LogP contribution in [0.2, 0.25) is 0 Å². The summed E-state index contributed by atoms with van der Waals surface area (Å²) in [7, 11) is 0. The van der Waals surface area contributed by atoms with Gasteiger partial charge in [-0.2, -0.15) is 0 Å². The third kappa shape index (κ3) is 3.94. The Morgan fingerprint density at radius 3 is 2.84 bits per heavy atom. The van der Waals surface area contributed by atoms with Gasteiger partial charge in [0.1, 0.15) is 0 Å². The van der Waals surface area contributed by atoms with Gasteiger partial charge in [0.15, 0.2) is 11.5 Å². The molecule has 1 aliphatic rings. The number of non-ortho nitro benzene ring substituents is 1. The molecule has 9 heteroatoms. The maximum atomic E-state index is 13.3. The monoisotopic (exact) mass is 422 g/mol. The molecule has 1 atom stereocenters. The summed E-state index contributed by atoms with van der Waals surface area (Å²) in [6, 6.07) is 8.39. The van der Waals surface area contributed by atoms with Crippen LogP contribution < -0.4 is 19.9 Å². The van der Waals surface area contributed by atoms with Crippen molar-refractivity contribution in [2.45, 2.75) is 32.2 Å². The summed E-state index contributed by atoms with van der Waals surface area (Å²) in [5, 5.41) is 28.0. The molecule has 2 heterocycles. The number of ether oxygens (including phenoxy) is 2. The number of carbonyl (C=O) groups is 1. The summed E-state index contributed by atoms with van der Waals surface area (Å²) in [5.41, 5.74) is 0.365. The van der Waals surface area contributed by atoms with Gasteiger partial charge in [-0.1, -0.05) is 25.2 Å². The van der Waals surface area contributed by atoms with E-state index in [1.807, 2.05) is 6.92 Å². The number of unbranched alkanes of at least 4 members (excludes halogenated alkanes) is 1. The molecule has 0 fully saturated rings. The third-order valence-electron chi connectivity index (χ3n) is 5.15. The zero-order valence-corrected chi connectivity index (χ0v) is 16.8. The molecule has 3 aromatic rings. The van der Waals surface area contributed by atoms with Gasteiger partial charge in [-0.05, 0) is 41.8 Å². The number of nitrogens with zero attached hydrogens (tertiary/aromatic N) is 2. The van der Waals surface area contributed by atoms with Crippen LogP contribution in [0.4, 0.5) is 5.69 Å². The van der Waals surface area contributed by atoms with E-state index in [1.54, 1.807) is 18.2 Å². The molecular weight excluding hydrogens is 402 g/mol. The minimum absolute atomic E-state index is 0.0137. The number of rotatable bonds is 7. The Morgan fingerprint density at radius 1 is 1.26 bits per heavy atom. The van der Waals surface area contributed by atoms with Crippen molar-refractivity contribution in [2.24, 2.45) is 0 Å². The van der Waals surface area contributed by atoms with Gasteiger partial charge in [-0.15, -0.1) is 0 Å². The lowest BCUT2D eigenvalue weighted by atomic mass is 9.94. The summed E-state index contributed by atoms with van der Waals surface area (Å²) in [5.74, 6) is 0.298. The smallest absolute Gasteiger partial charge is 0.279 e. The van der Waals surface area contributed by atoms with E-state index >= 15 is 0 Å². The second-order valence-corrected chi connectivity index (χ2v) is 7.19. The first-order chi connectivity index (χ1) is 15.0. The van der Waals surface area contributed by atoms with Gasteiger partial charge in [0.05, 0.1) is 21.9 Å². The van der Waals surface area contributed by atoms with Crippen molar-refractivity contribution >= 4 is 22.5 Å². The van der Waals surface area contributed by atoms with E-state index in [9.17, 15) is 20.0 Å². The predicted octanol–water partition coefficient (Wildman–Crippen LogP) is 3.34. The summed E-state index contributed by atoms with van der Waals surface area (Å²) < 4.78 is 10.8. The van der Waals surface area contributed by atoms with Gasteiger partial charge >= 0.3 is 0 Å². The maximum Gasteiger partial charge on any atom is 0.279 e. The van der Waals surface area contributed by atoms with Gasteiger partial charge in [-0.3, -0.25) is 19.9 Å². The van der Waals surface area contributed by atoms with E-state index in [-0.39, 0.29) is 41.3 Å². The average molecular weight is 422 g/mol. The predicted molar refractivity (Wildman–Crippen MR) is 110 cm³/mol. The molecule has 9 nitrogen and oxygen atoms in total. The molecule has 0 aliphatic carbocycles. The lowest BCUT2D eigenvalue weighted by Crippen LogP contribution is -2.30. The Morgan fingerprint density at radius 2 is 2.06 bits per heavy atom. The highest BCUT2D eigenvalue weighted by Gasteiger charge is 2.25. The molecule has 0 radical (unpaired) electrons. The molecule has 1 amide bonds. The molecule has 0 bridgehead atoms. The molecule has 0 saturated heterocycles. The molecule has 0 unspecified atom stereocenters. The Balaban J connectivity index is 1.87. The number of carbonyl (C=O) groups excluding carboxylic acids is 1. The fourth-order valence-corrected chi connectivity index (χ4v) is 3.59. The SMILES string of the molecule is CCCCC(=O)N[C@@H](c1ccc2c(c1)OCO2)c1cc([N+](=O)[O-])c2cccnc2c1[O-]. The number of aromatic nitrogens is 1. The molecule has 4 rings (SSSR count). The van der Waals surface area contributed by atoms with Crippen LogP contribution in [0.1, 0.15) is 43.4 Å². The number of nitrogens with one attached hydrogen (secondary N) is 1. The molecule has 1 aromatic heterocycles. The van der Waals surface area contributed by atoms with Gasteiger partial charge < -0.3 is 19.9 Å². The Kier molecular flexibility index (Phi) is 5.57. The van der Waals surface area contributed by atoms with Crippen LogP contribution >= 0.6 is 0 Å². The molecule has 1 N–H and O–H groups in total. The van der Waals surface area contributed by atoms with Gasteiger partial charge in [-0.25, -0.2) is 0 Å². The number of pyridine rings is 1. The first kappa shape index (κ1) is 20.4. The molecule has 160 valence electrons. The van der Waals surface area contributed by atoms with Crippen LogP contribution in [0.5, 0.6) is 17.2 Å². The largest absolute Gasteiger partial charge is 0.871 e. The topological polar surface area (TPSA) is 127 Å². The van der Waals surface area contributed by atoms with Crippen LogP contribution in [-0.2, 0) is 4.79 Å². The van der Waals surface area contributed by atoms with Gasteiger partial charge in [0.2, 0.25) is 12.7 Å². The highest BCUT2D eigenvalue weighted by molar-refractivity contribution is 5.93. The number of hydrogen-bond donors (Lipinski definition) is 1. The number of hydrogen-bond acceptors (Lipinski definition) is 7. The molecule has 31 heavy (non-hydrogen) atoms. The summed E-state index contributed by atoms with van der Waals surface area (Å²) in [6.45, 7) is 2.04. The zero-order chi connectivity index (χ0) is 22.0. The van der Waals surface area contributed by atoms with Crippen molar-refractivity contribution in [3.63, 3.8) is 0 Å². The van der Waals surface area contributed by atoms with Gasteiger partial charge in [0, 0.05) is 18.7 Å². The van der Waals surface area contributed by atoms with Crippen molar-refractivity contribution in [2.75, 3.05) is 6.79 Å². The number of nitro benzene ring substituents is 1. The van der Waals surface area contributed by atoms with Gasteiger partial charge in [0.25, 0.3) is 5.69 Å². The number of benzene rings is 2. The standard InChI is InChI=1S/C22H21N3O6/c1-2-3-6-19(26)24-20(13-7-8-17-18(10-13)31-12-30-17)15-11-16(25(28)29)14-5-4-9-23-21(14)22(15)27/h4-5,7-11,20,27H,2-3,6,12H2,1H3,(H,24,26)/p-1/t20-/m0/s1. The molecular formula is C22H20N3O6-. The Labute approximate surface area is 177 Å². The second kappa shape index (κ2) is 8.47. The zero-order valence-electron chi connectivity index (χ0n) is 16.8. The summed E-state index contributed by atoms with van der Waals surface area (Å²) in [4.78, 5) is 27.8. The normalized spacial score (nSPS) is 13.2. The Bertz CT molecular complexity index is 1160. The van der Waals surface area contributed by atoms with Crippen LogP contribution in [0.3, 0.4) is 0 Å². The first-order valence-electron chi connectivity index (χ1n) is 9.91. The maximum absolute atomic E-state index is 13.3. The fourth-order valence-electron chi connectivity index (χ4n) is 3.59. The van der Waals surface area contributed by atoms with Crippen molar-refractivity contribution in [1.29, 1.82) is 0 Å². The number of nitro groups is 1. The van der Waals surface area contributed by atoms with E-state index in [1.165, 1.54) is 24.4 Å².